The summed E-state index contributed by atoms with van der Waals surface area (Å²) in [4.78, 5) is 11.3. The van der Waals surface area contributed by atoms with E-state index in [1.807, 2.05) is 18.2 Å². The smallest absolute Gasteiger partial charge is 0.224 e. The molecule has 1 aromatic heterocycles. The fraction of sp³-hybridized carbons (Fsp3) is 0.304. The van der Waals surface area contributed by atoms with E-state index in [1.54, 1.807) is 6.20 Å². The van der Waals surface area contributed by atoms with Crippen molar-refractivity contribution in [1.82, 2.24) is 9.97 Å². The monoisotopic (exact) mass is 375 g/mol. The van der Waals surface area contributed by atoms with Crippen molar-refractivity contribution in [3.05, 3.63) is 71.4 Å². The Morgan fingerprint density at radius 3 is 2.43 bits per heavy atom. The average molecular weight is 376 g/mol. The highest BCUT2D eigenvalue weighted by molar-refractivity contribution is 5.65. The highest BCUT2D eigenvalue weighted by Gasteiger charge is 2.07. The van der Waals surface area contributed by atoms with Gasteiger partial charge in [0.1, 0.15) is 5.82 Å². The van der Waals surface area contributed by atoms with Crippen molar-refractivity contribution >= 4 is 23.1 Å². The van der Waals surface area contributed by atoms with Crippen molar-refractivity contribution < 1.29 is 0 Å². The van der Waals surface area contributed by atoms with Crippen molar-refractivity contribution in [2.24, 2.45) is 0 Å². The molecule has 0 aliphatic rings. The van der Waals surface area contributed by atoms with Gasteiger partial charge in [0.15, 0.2) is 0 Å². The standard InChI is InChI=1S/C23H29N5/c1-5-28(6-2)20-11-12-21(18(4)15-20)26-22-13-14-24-23(27-22)25-16-19-10-8-7-9-17(19)3/h7-15H,5-6,16H2,1-4H3,(H2,24,25,26,27). The van der Waals surface area contributed by atoms with E-state index in [1.165, 1.54) is 22.4 Å². The fourth-order valence-corrected chi connectivity index (χ4v) is 3.21. The van der Waals surface area contributed by atoms with E-state index in [4.69, 9.17) is 0 Å². The minimum Gasteiger partial charge on any atom is -0.372 e. The minimum absolute atomic E-state index is 0.616. The zero-order valence-corrected chi connectivity index (χ0v) is 17.2. The summed E-state index contributed by atoms with van der Waals surface area (Å²) in [5, 5.41) is 6.73. The van der Waals surface area contributed by atoms with Gasteiger partial charge in [0, 0.05) is 37.2 Å². The molecule has 0 amide bonds. The second-order valence-electron chi connectivity index (χ2n) is 6.84. The maximum absolute atomic E-state index is 4.60. The molecule has 5 heteroatoms. The van der Waals surface area contributed by atoms with Gasteiger partial charge in [-0.1, -0.05) is 24.3 Å². The van der Waals surface area contributed by atoms with Crippen LogP contribution in [-0.4, -0.2) is 23.1 Å². The third-order valence-electron chi connectivity index (χ3n) is 4.96. The van der Waals surface area contributed by atoms with Crippen LogP contribution in [0.4, 0.5) is 23.1 Å². The molecule has 0 spiro atoms. The molecule has 146 valence electrons. The molecule has 0 unspecified atom stereocenters. The van der Waals surface area contributed by atoms with Gasteiger partial charge >= 0.3 is 0 Å². The lowest BCUT2D eigenvalue weighted by molar-refractivity contribution is 0.866. The molecule has 0 aliphatic heterocycles. The third-order valence-corrected chi connectivity index (χ3v) is 4.96. The summed E-state index contributed by atoms with van der Waals surface area (Å²) in [6, 6.07) is 16.7. The maximum atomic E-state index is 4.60. The summed E-state index contributed by atoms with van der Waals surface area (Å²) in [6.45, 7) is 11.3. The highest BCUT2D eigenvalue weighted by Crippen LogP contribution is 2.25. The van der Waals surface area contributed by atoms with Crippen LogP contribution < -0.4 is 15.5 Å². The lowest BCUT2D eigenvalue weighted by atomic mass is 10.1. The minimum atomic E-state index is 0.616. The molecule has 5 nitrogen and oxygen atoms in total. The van der Waals surface area contributed by atoms with Crippen LogP contribution in [0.3, 0.4) is 0 Å². The Balaban J connectivity index is 1.70. The lowest BCUT2D eigenvalue weighted by Crippen LogP contribution is -2.21. The maximum Gasteiger partial charge on any atom is 0.224 e. The molecule has 0 saturated heterocycles. The fourth-order valence-electron chi connectivity index (χ4n) is 3.21. The van der Waals surface area contributed by atoms with E-state index in [-0.39, 0.29) is 0 Å². The molecule has 3 aromatic rings. The van der Waals surface area contributed by atoms with Crippen LogP contribution in [0.15, 0.2) is 54.7 Å². The van der Waals surface area contributed by atoms with Crippen molar-refractivity contribution in [1.29, 1.82) is 0 Å². The Bertz CT molecular complexity index is 918. The molecule has 0 atom stereocenters. The Morgan fingerprint density at radius 1 is 0.929 bits per heavy atom. The first-order valence-electron chi connectivity index (χ1n) is 9.84. The SMILES string of the molecule is CCN(CC)c1ccc(Nc2ccnc(NCc3ccccc3C)n2)c(C)c1. The predicted octanol–water partition coefficient (Wildman–Crippen LogP) is 5.30. The molecule has 0 fully saturated rings. The predicted molar refractivity (Wildman–Crippen MR) is 119 cm³/mol. The second kappa shape index (κ2) is 9.22. The summed E-state index contributed by atoms with van der Waals surface area (Å²) in [7, 11) is 0. The molecule has 2 N–H and O–H groups in total. The van der Waals surface area contributed by atoms with Crippen LogP contribution in [0.5, 0.6) is 0 Å². The number of nitrogens with zero attached hydrogens (tertiary/aromatic N) is 3. The summed E-state index contributed by atoms with van der Waals surface area (Å²) >= 11 is 0. The number of aryl methyl sites for hydroxylation is 2. The van der Waals surface area contributed by atoms with Gasteiger partial charge in [0.2, 0.25) is 5.95 Å². The van der Waals surface area contributed by atoms with Crippen LogP contribution in [-0.2, 0) is 6.54 Å². The van der Waals surface area contributed by atoms with E-state index in [2.05, 4.69) is 83.5 Å². The Morgan fingerprint density at radius 2 is 1.71 bits per heavy atom. The van der Waals surface area contributed by atoms with Gasteiger partial charge in [0.25, 0.3) is 0 Å². The molecule has 3 rings (SSSR count). The number of hydrogen-bond donors (Lipinski definition) is 2. The van der Waals surface area contributed by atoms with Gasteiger partial charge in [-0.3, -0.25) is 0 Å². The van der Waals surface area contributed by atoms with Crippen molar-refractivity contribution in [2.45, 2.75) is 34.2 Å². The Labute approximate surface area is 167 Å². The molecular formula is C23H29N5. The lowest BCUT2D eigenvalue weighted by Gasteiger charge is -2.22. The van der Waals surface area contributed by atoms with Gasteiger partial charge in [-0.15, -0.1) is 0 Å². The van der Waals surface area contributed by atoms with Crippen LogP contribution in [0.1, 0.15) is 30.5 Å². The number of benzene rings is 2. The average Bonchev–Trinajstić information content (AvgIpc) is 2.71. The number of aromatic nitrogens is 2. The summed E-state index contributed by atoms with van der Waals surface area (Å²) in [5.74, 6) is 1.40. The van der Waals surface area contributed by atoms with Crippen LogP contribution >= 0.6 is 0 Å². The van der Waals surface area contributed by atoms with Crippen LogP contribution in [0.2, 0.25) is 0 Å². The zero-order chi connectivity index (χ0) is 19.9. The van der Waals surface area contributed by atoms with Gasteiger partial charge in [-0.25, -0.2) is 4.98 Å². The van der Waals surface area contributed by atoms with E-state index >= 15 is 0 Å². The largest absolute Gasteiger partial charge is 0.372 e. The quantitative estimate of drug-likeness (QED) is 0.560. The van der Waals surface area contributed by atoms with Crippen molar-refractivity contribution in [3.8, 4) is 0 Å². The first-order valence-corrected chi connectivity index (χ1v) is 9.84. The number of anilines is 4. The van der Waals surface area contributed by atoms with Crippen LogP contribution in [0, 0.1) is 13.8 Å². The Hall–Kier alpha value is -3.08. The molecule has 0 saturated carbocycles. The topological polar surface area (TPSA) is 53.1 Å². The van der Waals surface area contributed by atoms with E-state index in [9.17, 15) is 0 Å². The van der Waals surface area contributed by atoms with Gasteiger partial charge in [-0.05, 0) is 68.7 Å². The number of nitrogens with one attached hydrogen (secondary N) is 2. The molecule has 2 aromatic carbocycles. The van der Waals surface area contributed by atoms with Crippen molar-refractivity contribution in [2.75, 3.05) is 28.6 Å². The van der Waals surface area contributed by atoms with E-state index in [0.717, 1.165) is 24.6 Å². The molecule has 0 bridgehead atoms. The van der Waals surface area contributed by atoms with Gasteiger partial charge < -0.3 is 15.5 Å². The van der Waals surface area contributed by atoms with Crippen LogP contribution in [0.25, 0.3) is 0 Å². The van der Waals surface area contributed by atoms with E-state index < -0.39 is 0 Å². The van der Waals surface area contributed by atoms with Crippen molar-refractivity contribution in [3.63, 3.8) is 0 Å². The zero-order valence-electron chi connectivity index (χ0n) is 17.2. The third kappa shape index (κ3) is 4.80. The summed E-state index contributed by atoms with van der Waals surface area (Å²) in [6.07, 6.45) is 1.77. The second-order valence-corrected chi connectivity index (χ2v) is 6.84. The number of hydrogen-bond acceptors (Lipinski definition) is 5. The molecule has 1 heterocycles. The highest BCUT2D eigenvalue weighted by atomic mass is 15.1. The molecule has 28 heavy (non-hydrogen) atoms. The molecular weight excluding hydrogens is 346 g/mol. The summed E-state index contributed by atoms with van der Waals surface area (Å²) < 4.78 is 0. The number of rotatable bonds is 8. The molecule has 0 aliphatic carbocycles. The van der Waals surface area contributed by atoms with Gasteiger partial charge in [0.05, 0.1) is 0 Å². The van der Waals surface area contributed by atoms with Gasteiger partial charge in [-0.2, -0.15) is 4.98 Å². The molecule has 0 radical (unpaired) electrons. The normalized spacial score (nSPS) is 10.6. The first-order chi connectivity index (χ1) is 13.6. The Kier molecular flexibility index (Phi) is 6.48. The first kappa shape index (κ1) is 19.7. The van der Waals surface area contributed by atoms with E-state index in [0.29, 0.717) is 12.5 Å². The summed E-state index contributed by atoms with van der Waals surface area (Å²) in [5.41, 5.74) is 5.99.